The fourth-order valence-electron chi connectivity index (χ4n) is 4.69. The summed E-state index contributed by atoms with van der Waals surface area (Å²) in [6.07, 6.45) is 0.779. The molecular formula is C23H21NO2S. The summed E-state index contributed by atoms with van der Waals surface area (Å²) >= 11 is 0. The van der Waals surface area contributed by atoms with E-state index in [-0.39, 0.29) is 5.92 Å². The molecule has 3 aromatic rings. The van der Waals surface area contributed by atoms with Crippen LogP contribution in [0.25, 0.3) is 0 Å². The van der Waals surface area contributed by atoms with E-state index < -0.39 is 21.0 Å². The Hall–Kier alpha value is -2.27. The van der Waals surface area contributed by atoms with Crippen LogP contribution in [0.5, 0.6) is 0 Å². The van der Waals surface area contributed by atoms with Gasteiger partial charge >= 0.3 is 0 Å². The number of aliphatic hydroxyl groups excluding tert-OH is 1. The number of rotatable bonds is 3. The molecule has 0 aromatic heterocycles. The average Bonchev–Trinajstić information content (AvgIpc) is 2.69. The fraction of sp³-hybridized carbons (Fsp3) is 0.217. The first-order valence-electron chi connectivity index (χ1n) is 9.30. The number of nitrogens with zero attached hydrogens (tertiary/aromatic N) is 1. The number of hydrogen-bond acceptors (Lipinski definition) is 3. The van der Waals surface area contributed by atoms with Gasteiger partial charge in [0.15, 0.2) is 4.75 Å². The van der Waals surface area contributed by atoms with Gasteiger partial charge in [-0.15, -0.1) is 4.36 Å². The van der Waals surface area contributed by atoms with Crippen LogP contribution >= 0.6 is 0 Å². The van der Waals surface area contributed by atoms with Crippen LogP contribution in [0.2, 0.25) is 0 Å². The van der Waals surface area contributed by atoms with Crippen LogP contribution in [0.15, 0.2) is 94.2 Å². The molecular weight excluding hydrogens is 354 g/mol. The molecule has 1 aliphatic carbocycles. The number of fused-ring (bicyclic) bond motifs is 3. The second-order valence-electron chi connectivity index (χ2n) is 7.35. The zero-order chi connectivity index (χ0) is 18.5. The molecule has 0 saturated heterocycles. The summed E-state index contributed by atoms with van der Waals surface area (Å²) in [5, 5.41) is 11.5. The highest BCUT2D eigenvalue weighted by Crippen LogP contribution is 2.65. The Morgan fingerprint density at radius 1 is 0.926 bits per heavy atom. The summed E-state index contributed by atoms with van der Waals surface area (Å²) in [6, 6.07) is 27.0. The van der Waals surface area contributed by atoms with Crippen LogP contribution in [0.1, 0.15) is 36.0 Å². The largest absolute Gasteiger partial charge is 0.626 e. The molecule has 1 unspecified atom stereocenters. The molecule has 3 aromatic carbocycles. The van der Waals surface area contributed by atoms with Gasteiger partial charge in [0.25, 0.3) is 0 Å². The Morgan fingerprint density at radius 3 is 2.22 bits per heavy atom. The van der Waals surface area contributed by atoms with E-state index in [0.717, 1.165) is 23.2 Å². The van der Waals surface area contributed by atoms with Crippen LogP contribution < -0.4 is 0 Å². The van der Waals surface area contributed by atoms with Gasteiger partial charge in [0, 0.05) is 12.3 Å². The number of aliphatic hydroxyl groups is 1. The van der Waals surface area contributed by atoms with Crippen LogP contribution in [0.4, 0.5) is 5.69 Å². The minimum atomic E-state index is -2.86. The van der Waals surface area contributed by atoms with E-state index in [1.807, 2.05) is 78.9 Å². The van der Waals surface area contributed by atoms with Crippen LogP contribution in [-0.4, -0.2) is 14.4 Å². The Morgan fingerprint density at radius 2 is 1.56 bits per heavy atom. The summed E-state index contributed by atoms with van der Waals surface area (Å²) in [4.78, 5) is 0.708. The third-order valence-electron chi connectivity index (χ3n) is 6.11. The first-order chi connectivity index (χ1) is 13.2. The molecule has 1 fully saturated rings. The van der Waals surface area contributed by atoms with E-state index in [0.29, 0.717) is 11.3 Å². The molecule has 1 N–H and O–H groups in total. The smallest absolute Gasteiger partial charge is 0.153 e. The summed E-state index contributed by atoms with van der Waals surface area (Å²) in [6.45, 7) is 0. The lowest BCUT2D eigenvalue weighted by Crippen LogP contribution is -2.60. The predicted molar refractivity (Wildman–Crippen MR) is 107 cm³/mol. The van der Waals surface area contributed by atoms with Crippen molar-refractivity contribution < 1.29 is 9.66 Å². The fourth-order valence-corrected chi connectivity index (χ4v) is 7.83. The summed E-state index contributed by atoms with van der Waals surface area (Å²) < 4.78 is 18.6. The zero-order valence-electron chi connectivity index (χ0n) is 14.9. The Kier molecular flexibility index (Phi) is 3.83. The maximum atomic E-state index is 14.6. The Bertz CT molecular complexity index is 1030. The summed E-state index contributed by atoms with van der Waals surface area (Å²) in [7, 11) is -2.86. The standard InChI is InChI=1S/C23H21NO2S/c25-22(17-9-3-1-4-10-17)23-16-15-20(23)19-13-7-8-14-21(19)24-27(23,26)18-11-5-2-6-12-18/h1-14,20,22,25H,15-16H2/t20-,22-,23-,27?/m0/s1. The van der Waals surface area contributed by atoms with E-state index in [1.165, 1.54) is 0 Å². The summed E-state index contributed by atoms with van der Waals surface area (Å²) in [5.74, 6) is 0.0362. The highest BCUT2D eigenvalue weighted by Gasteiger charge is 2.66. The topological polar surface area (TPSA) is 55.7 Å². The van der Waals surface area contributed by atoms with E-state index in [4.69, 9.17) is 4.36 Å². The second kappa shape index (κ2) is 6.13. The van der Waals surface area contributed by atoms with Gasteiger partial charge in [0.2, 0.25) is 0 Å². The first-order valence-corrected chi connectivity index (χ1v) is 10.8. The van der Waals surface area contributed by atoms with Gasteiger partial charge in [-0.05, 0) is 45.9 Å². The quantitative estimate of drug-likeness (QED) is 0.639. The maximum Gasteiger partial charge on any atom is 0.153 e. The van der Waals surface area contributed by atoms with E-state index in [9.17, 15) is 9.66 Å². The first kappa shape index (κ1) is 16.9. The third kappa shape index (κ3) is 2.24. The van der Waals surface area contributed by atoms with Crippen molar-refractivity contribution in [3.63, 3.8) is 0 Å². The van der Waals surface area contributed by atoms with E-state index >= 15 is 0 Å². The molecule has 0 radical (unpaired) electrons. The van der Waals surface area contributed by atoms with Crippen molar-refractivity contribution in [1.82, 2.24) is 0 Å². The van der Waals surface area contributed by atoms with Crippen LogP contribution in [0, 0.1) is 0 Å². The highest BCUT2D eigenvalue weighted by atomic mass is 32.3. The lowest BCUT2D eigenvalue weighted by atomic mass is 9.65. The average molecular weight is 375 g/mol. The third-order valence-corrected chi connectivity index (χ3v) is 9.22. The van der Waals surface area contributed by atoms with Crippen molar-refractivity contribution in [2.75, 3.05) is 0 Å². The van der Waals surface area contributed by atoms with Crippen LogP contribution in [0.3, 0.4) is 0 Å². The molecule has 0 bridgehead atoms. The minimum absolute atomic E-state index is 0.0362. The van der Waals surface area contributed by atoms with Gasteiger partial charge in [-0.1, -0.05) is 66.7 Å². The van der Waals surface area contributed by atoms with Crippen molar-refractivity contribution in [2.24, 2.45) is 4.36 Å². The monoisotopic (exact) mass is 375 g/mol. The van der Waals surface area contributed by atoms with E-state index in [2.05, 4.69) is 6.07 Å². The molecule has 4 atom stereocenters. The Balaban J connectivity index is 1.79. The molecule has 27 heavy (non-hydrogen) atoms. The molecule has 136 valence electrons. The molecule has 3 nitrogen and oxygen atoms in total. The van der Waals surface area contributed by atoms with Gasteiger partial charge in [-0.3, -0.25) is 0 Å². The van der Waals surface area contributed by atoms with Gasteiger partial charge in [-0.2, -0.15) is 0 Å². The van der Waals surface area contributed by atoms with Crippen molar-refractivity contribution in [2.45, 2.75) is 34.5 Å². The molecule has 0 spiro atoms. The lowest BCUT2D eigenvalue weighted by Gasteiger charge is -2.57. The van der Waals surface area contributed by atoms with Gasteiger partial charge in [-0.25, -0.2) is 0 Å². The van der Waals surface area contributed by atoms with Crippen molar-refractivity contribution in [3.05, 3.63) is 96.1 Å². The van der Waals surface area contributed by atoms with Gasteiger partial charge in [0.1, 0.15) is 16.7 Å². The number of hydrogen-bond donors (Lipinski definition) is 1. The molecule has 0 amide bonds. The maximum absolute atomic E-state index is 14.6. The normalized spacial score (nSPS) is 29.6. The molecule has 4 heteroatoms. The molecule has 1 heterocycles. The molecule has 1 saturated carbocycles. The second-order valence-corrected chi connectivity index (χ2v) is 9.81. The van der Waals surface area contributed by atoms with Crippen molar-refractivity contribution in [1.29, 1.82) is 0 Å². The SMILES string of the molecule is [O-][S+]1(c2ccccc2)=Nc2ccccc2[C@@H]2CC[C@@]21[C@@H](O)c1ccccc1. The lowest BCUT2D eigenvalue weighted by molar-refractivity contribution is 0.0607. The Labute approximate surface area is 160 Å². The van der Waals surface area contributed by atoms with Crippen LogP contribution in [-0.2, 0) is 10.1 Å². The van der Waals surface area contributed by atoms with E-state index in [1.54, 1.807) is 0 Å². The zero-order valence-corrected chi connectivity index (χ0v) is 15.7. The number of benzene rings is 3. The minimum Gasteiger partial charge on any atom is -0.626 e. The van der Waals surface area contributed by atoms with Crippen molar-refractivity contribution in [3.8, 4) is 0 Å². The summed E-state index contributed by atoms with van der Waals surface area (Å²) in [5.41, 5.74) is 2.71. The highest BCUT2D eigenvalue weighted by molar-refractivity contribution is 8.01. The van der Waals surface area contributed by atoms with Gasteiger partial charge < -0.3 is 9.66 Å². The van der Waals surface area contributed by atoms with Gasteiger partial charge in [0.05, 0.1) is 0 Å². The van der Waals surface area contributed by atoms with Crippen molar-refractivity contribution >= 4 is 15.8 Å². The predicted octanol–water partition coefficient (Wildman–Crippen LogP) is 5.21. The molecule has 5 rings (SSSR count). The molecule has 2 aliphatic rings. The molecule has 1 aliphatic heterocycles.